The first kappa shape index (κ1) is 12.8. The lowest BCUT2D eigenvalue weighted by Crippen LogP contribution is -2.06. The normalized spacial score (nSPS) is 10.9. The molecule has 0 spiro atoms. The van der Waals surface area contributed by atoms with Crippen molar-refractivity contribution in [3.8, 4) is 5.88 Å². The highest BCUT2D eigenvalue weighted by Gasteiger charge is 2.19. The van der Waals surface area contributed by atoms with Gasteiger partial charge in [0.1, 0.15) is 5.52 Å². The molecule has 7 heteroatoms. The molecule has 2 aromatic heterocycles. The van der Waals surface area contributed by atoms with E-state index in [1.54, 1.807) is 11.6 Å². The van der Waals surface area contributed by atoms with Crippen LogP contribution in [0.4, 0.5) is 0 Å². The van der Waals surface area contributed by atoms with Crippen LogP contribution in [0.5, 0.6) is 5.88 Å². The van der Waals surface area contributed by atoms with Gasteiger partial charge in [-0.2, -0.15) is 10.1 Å². The largest absolute Gasteiger partial charge is 0.476 e. The van der Waals surface area contributed by atoms with Gasteiger partial charge < -0.3 is 4.74 Å². The zero-order chi connectivity index (χ0) is 13.3. The summed E-state index contributed by atoms with van der Waals surface area (Å²) in [6.07, 6.45) is 0. The van der Waals surface area contributed by atoms with Crippen molar-refractivity contribution in [3.05, 3.63) is 11.4 Å². The number of carbonyl (C=O) groups excluding carboxylic acids is 1. The lowest BCUT2D eigenvalue weighted by atomic mass is 10.3. The van der Waals surface area contributed by atoms with Gasteiger partial charge in [-0.25, -0.2) is 9.67 Å². The molecule has 0 saturated heterocycles. The van der Waals surface area contributed by atoms with Crippen LogP contribution in [0.2, 0.25) is 0 Å². The molecule has 0 amide bonds. The average molecular weight is 269 g/mol. The number of aryl methyl sites for hydroxylation is 2. The number of nitrogens with zero attached hydrogens (tertiary/aromatic N) is 4. The van der Waals surface area contributed by atoms with Gasteiger partial charge in [0.2, 0.25) is 5.88 Å². The van der Waals surface area contributed by atoms with Gasteiger partial charge in [0.15, 0.2) is 11.3 Å². The van der Waals surface area contributed by atoms with E-state index in [1.165, 1.54) is 0 Å². The van der Waals surface area contributed by atoms with Crippen molar-refractivity contribution in [1.29, 1.82) is 0 Å². The van der Waals surface area contributed by atoms with Crippen LogP contribution in [0.1, 0.15) is 30.0 Å². The molecule has 2 rings (SSSR count). The third-order valence-electron chi connectivity index (χ3n) is 2.47. The summed E-state index contributed by atoms with van der Waals surface area (Å²) in [6.45, 7) is 6.62. The number of carbonyl (C=O) groups is 1. The molecular formula is C11H13ClN4O2. The molecule has 6 nitrogen and oxygen atoms in total. The van der Waals surface area contributed by atoms with E-state index in [0.717, 1.165) is 0 Å². The SMILES string of the molecule is CCOc1nc2c(nc1C(=O)Cl)c(C)nn2CC. The Labute approximate surface area is 109 Å². The highest BCUT2D eigenvalue weighted by atomic mass is 35.5. The Kier molecular flexibility index (Phi) is 3.47. The van der Waals surface area contributed by atoms with Crippen LogP contribution in [-0.4, -0.2) is 31.6 Å². The molecule has 0 radical (unpaired) electrons. The van der Waals surface area contributed by atoms with Gasteiger partial charge in [-0.3, -0.25) is 4.79 Å². The van der Waals surface area contributed by atoms with Gasteiger partial charge >= 0.3 is 0 Å². The number of halogens is 1. The quantitative estimate of drug-likeness (QED) is 0.793. The molecule has 2 aromatic rings. The van der Waals surface area contributed by atoms with E-state index in [2.05, 4.69) is 15.1 Å². The van der Waals surface area contributed by atoms with Crippen molar-refractivity contribution in [2.24, 2.45) is 0 Å². The summed E-state index contributed by atoms with van der Waals surface area (Å²) in [7, 11) is 0. The first-order valence-electron chi connectivity index (χ1n) is 5.66. The summed E-state index contributed by atoms with van der Waals surface area (Å²) in [6, 6.07) is 0. The lowest BCUT2D eigenvalue weighted by molar-refractivity contribution is 0.107. The first-order valence-corrected chi connectivity index (χ1v) is 6.04. The van der Waals surface area contributed by atoms with E-state index in [0.29, 0.717) is 30.0 Å². The van der Waals surface area contributed by atoms with Crippen LogP contribution in [0, 0.1) is 6.92 Å². The third kappa shape index (κ3) is 2.03. The predicted octanol–water partition coefficient (Wildman–Crippen LogP) is 1.93. The van der Waals surface area contributed by atoms with Crippen LogP contribution in [-0.2, 0) is 6.54 Å². The maximum atomic E-state index is 11.3. The molecule has 0 bridgehead atoms. The Balaban J connectivity index is 2.73. The molecule has 0 unspecified atom stereocenters. The van der Waals surface area contributed by atoms with Crippen molar-refractivity contribution in [3.63, 3.8) is 0 Å². The molecule has 0 saturated carbocycles. The molecule has 96 valence electrons. The van der Waals surface area contributed by atoms with E-state index in [-0.39, 0.29) is 11.6 Å². The van der Waals surface area contributed by atoms with Gasteiger partial charge in [-0.05, 0) is 32.4 Å². The molecule has 0 aliphatic heterocycles. The van der Waals surface area contributed by atoms with Gasteiger partial charge in [-0.15, -0.1) is 0 Å². The zero-order valence-electron chi connectivity index (χ0n) is 10.4. The standard InChI is InChI=1S/C11H13ClN4O2/c1-4-16-10-7(6(3)15-16)13-8(9(12)17)11(14-10)18-5-2/h4-5H2,1-3H3. The fraction of sp³-hybridized carbons (Fsp3) is 0.455. The fourth-order valence-corrected chi connectivity index (χ4v) is 1.82. The zero-order valence-corrected chi connectivity index (χ0v) is 11.2. The van der Waals surface area contributed by atoms with E-state index >= 15 is 0 Å². The van der Waals surface area contributed by atoms with Crippen molar-refractivity contribution in [1.82, 2.24) is 19.7 Å². The van der Waals surface area contributed by atoms with E-state index in [4.69, 9.17) is 16.3 Å². The molecule has 0 aromatic carbocycles. The summed E-state index contributed by atoms with van der Waals surface area (Å²) < 4.78 is 7.01. The monoisotopic (exact) mass is 268 g/mol. The Bertz CT molecular complexity index is 609. The molecular weight excluding hydrogens is 256 g/mol. The van der Waals surface area contributed by atoms with E-state index in [9.17, 15) is 4.79 Å². The minimum Gasteiger partial charge on any atom is -0.476 e. The second-order valence-corrected chi connectivity index (χ2v) is 4.00. The number of ether oxygens (including phenoxy) is 1. The second-order valence-electron chi connectivity index (χ2n) is 3.66. The van der Waals surface area contributed by atoms with Gasteiger partial charge in [0.05, 0.1) is 12.3 Å². The molecule has 0 N–H and O–H groups in total. The molecule has 0 fully saturated rings. The Morgan fingerprint density at radius 1 is 1.39 bits per heavy atom. The number of hydrogen-bond donors (Lipinski definition) is 0. The third-order valence-corrected chi connectivity index (χ3v) is 2.65. The molecule has 0 aliphatic rings. The topological polar surface area (TPSA) is 69.9 Å². The summed E-state index contributed by atoms with van der Waals surface area (Å²) in [4.78, 5) is 19.8. The van der Waals surface area contributed by atoms with Crippen LogP contribution in [0.25, 0.3) is 11.2 Å². The first-order chi connectivity index (χ1) is 8.58. The average Bonchev–Trinajstić information content (AvgIpc) is 2.65. The Morgan fingerprint density at radius 3 is 2.67 bits per heavy atom. The highest BCUT2D eigenvalue weighted by Crippen LogP contribution is 2.22. The van der Waals surface area contributed by atoms with Crippen molar-refractivity contribution >= 4 is 28.0 Å². The van der Waals surface area contributed by atoms with Gasteiger partial charge in [0.25, 0.3) is 5.24 Å². The van der Waals surface area contributed by atoms with Crippen LogP contribution in [0.15, 0.2) is 0 Å². The summed E-state index contributed by atoms with van der Waals surface area (Å²) in [5.41, 5.74) is 1.91. The minimum absolute atomic E-state index is 0.0322. The van der Waals surface area contributed by atoms with Crippen LogP contribution >= 0.6 is 11.6 Å². The van der Waals surface area contributed by atoms with E-state index < -0.39 is 5.24 Å². The number of hydrogen-bond acceptors (Lipinski definition) is 5. The maximum absolute atomic E-state index is 11.3. The Morgan fingerprint density at radius 2 is 2.11 bits per heavy atom. The Hall–Kier alpha value is -1.69. The van der Waals surface area contributed by atoms with Gasteiger partial charge in [0, 0.05) is 6.54 Å². The van der Waals surface area contributed by atoms with Crippen molar-refractivity contribution < 1.29 is 9.53 Å². The van der Waals surface area contributed by atoms with Crippen LogP contribution in [0.3, 0.4) is 0 Å². The smallest absolute Gasteiger partial charge is 0.276 e. The number of fused-ring (bicyclic) bond motifs is 1. The molecule has 18 heavy (non-hydrogen) atoms. The van der Waals surface area contributed by atoms with Gasteiger partial charge in [-0.1, -0.05) is 0 Å². The summed E-state index contributed by atoms with van der Waals surface area (Å²) >= 11 is 5.49. The molecule has 0 aliphatic carbocycles. The number of aromatic nitrogens is 4. The summed E-state index contributed by atoms with van der Waals surface area (Å²) in [5.74, 6) is 0.152. The highest BCUT2D eigenvalue weighted by molar-refractivity contribution is 6.67. The van der Waals surface area contributed by atoms with E-state index in [1.807, 2.05) is 13.8 Å². The predicted molar refractivity (Wildman–Crippen MR) is 67.1 cm³/mol. The lowest BCUT2D eigenvalue weighted by Gasteiger charge is -2.06. The van der Waals surface area contributed by atoms with Crippen LogP contribution < -0.4 is 4.74 Å². The number of rotatable bonds is 4. The van der Waals surface area contributed by atoms with Crippen molar-refractivity contribution in [2.75, 3.05) is 6.61 Å². The fourth-order valence-electron chi connectivity index (χ4n) is 1.70. The maximum Gasteiger partial charge on any atom is 0.276 e. The molecule has 0 atom stereocenters. The molecule has 2 heterocycles. The summed E-state index contributed by atoms with van der Waals surface area (Å²) in [5, 5.41) is 3.61. The van der Waals surface area contributed by atoms with Crippen molar-refractivity contribution in [2.45, 2.75) is 27.3 Å². The second kappa shape index (κ2) is 4.89. The minimum atomic E-state index is -0.684.